The molecule has 1 aliphatic rings. The van der Waals surface area contributed by atoms with Crippen molar-refractivity contribution >= 4 is 17.7 Å². The average Bonchev–Trinajstić information content (AvgIpc) is 2.77. The first-order chi connectivity index (χ1) is 14.4. The summed E-state index contributed by atoms with van der Waals surface area (Å²) in [6.07, 6.45) is 4.04. The fourth-order valence-corrected chi connectivity index (χ4v) is 3.92. The highest BCUT2D eigenvalue weighted by Gasteiger charge is 2.24. The molecule has 158 valence electrons. The second-order valence-electron chi connectivity index (χ2n) is 8.08. The average molecular weight is 408 g/mol. The van der Waals surface area contributed by atoms with Crippen molar-refractivity contribution in [2.75, 3.05) is 7.11 Å². The van der Waals surface area contributed by atoms with Gasteiger partial charge in [-0.25, -0.2) is 4.79 Å². The highest BCUT2D eigenvalue weighted by atomic mass is 16.5. The van der Waals surface area contributed by atoms with Crippen LogP contribution in [0.1, 0.15) is 54.1 Å². The molecule has 0 saturated heterocycles. The molecule has 3 rings (SSSR count). The molecule has 6 heteroatoms. The molecule has 2 aromatic carbocycles. The van der Waals surface area contributed by atoms with Gasteiger partial charge in [0.25, 0.3) is 0 Å². The first-order valence-corrected chi connectivity index (χ1v) is 10.3. The number of esters is 1. The zero-order valence-corrected chi connectivity index (χ0v) is 17.5. The predicted octanol–water partition coefficient (Wildman–Crippen LogP) is 3.87. The minimum absolute atomic E-state index is 0.0183. The number of carbonyl (C=O) groups excluding carboxylic acids is 2. The van der Waals surface area contributed by atoms with Crippen LogP contribution in [-0.4, -0.2) is 24.8 Å². The third kappa shape index (κ3) is 5.26. The number of ether oxygens (including phenoxy) is 1. The van der Waals surface area contributed by atoms with Gasteiger partial charge in [0.1, 0.15) is 5.84 Å². The van der Waals surface area contributed by atoms with Crippen molar-refractivity contribution in [1.82, 2.24) is 5.32 Å². The van der Waals surface area contributed by atoms with E-state index in [2.05, 4.69) is 12.2 Å². The van der Waals surface area contributed by atoms with E-state index in [0.717, 1.165) is 42.4 Å². The maximum absolute atomic E-state index is 12.6. The lowest BCUT2D eigenvalue weighted by Gasteiger charge is -2.25. The predicted molar refractivity (Wildman–Crippen MR) is 117 cm³/mol. The summed E-state index contributed by atoms with van der Waals surface area (Å²) >= 11 is 0. The second kappa shape index (κ2) is 9.57. The van der Waals surface area contributed by atoms with Crippen LogP contribution in [0, 0.1) is 17.2 Å². The van der Waals surface area contributed by atoms with Crippen LogP contribution in [-0.2, 0) is 16.1 Å². The summed E-state index contributed by atoms with van der Waals surface area (Å²) in [6.45, 7) is 2.57. The van der Waals surface area contributed by atoms with Gasteiger partial charge in [-0.05, 0) is 72.6 Å². The highest BCUT2D eigenvalue weighted by Crippen LogP contribution is 2.29. The molecule has 0 unspecified atom stereocenters. The minimum Gasteiger partial charge on any atom is -0.465 e. The van der Waals surface area contributed by atoms with Crippen LogP contribution in [0.4, 0.5) is 0 Å². The van der Waals surface area contributed by atoms with Crippen molar-refractivity contribution in [3.63, 3.8) is 0 Å². The summed E-state index contributed by atoms with van der Waals surface area (Å²) < 4.78 is 4.89. The molecule has 0 radical (unpaired) electrons. The van der Waals surface area contributed by atoms with E-state index in [1.807, 2.05) is 24.3 Å². The van der Waals surface area contributed by atoms with E-state index in [1.165, 1.54) is 7.11 Å². The monoisotopic (exact) mass is 407 g/mol. The van der Waals surface area contributed by atoms with E-state index >= 15 is 0 Å². The van der Waals surface area contributed by atoms with Crippen molar-refractivity contribution in [3.05, 3.63) is 59.2 Å². The lowest BCUT2D eigenvalue weighted by atomic mass is 9.82. The molecular weight excluding hydrogens is 378 g/mol. The van der Waals surface area contributed by atoms with Crippen LogP contribution in [0.3, 0.4) is 0 Å². The van der Waals surface area contributed by atoms with E-state index in [0.29, 0.717) is 23.6 Å². The standard InChI is InChI=1S/C24H29N3O3/c1-15-6-8-17(9-7-15)23(28)27-14-16-10-20(13-21(11-16)24(29)30-2)18-4-3-5-19(12-18)22(25)26/h3-5,10-13,15,17H,6-9,14H2,1-2H3,(H3,25,26)(H,27,28). The minimum atomic E-state index is -0.437. The number of nitrogens with two attached hydrogens (primary N) is 1. The zero-order chi connectivity index (χ0) is 21.7. The molecule has 1 fully saturated rings. The molecule has 0 aromatic heterocycles. The third-order valence-corrected chi connectivity index (χ3v) is 5.77. The summed E-state index contributed by atoms with van der Waals surface area (Å²) in [4.78, 5) is 24.8. The molecule has 4 N–H and O–H groups in total. The Bertz CT molecular complexity index is 946. The molecule has 1 amide bonds. The Morgan fingerprint density at radius 3 is 2.43 bits per heavy atom. The first-order valence-electron chi connectivity index (χ1n) is 10.3. The quantitative estimate of drug-likeness (QED) is 0.384. The topological polar surface area (TPSA) is 105 Å². The van der Waals surface area contributed by atoms with Gasteiger partial charge in [0, 0.05) is 18.0 Å². The number of nitrogen functional groups attached to an aromatic ring is 1. The number of rotatable bonds is 6. The Hall–Kier alpha value is -3.15. The SMILES string of the molecule is COC(=O)c1cc(CNC(=O)C2CCC(C)CC2)cc(-c2cccc(C(=N)N)c2)c1. The Balaban J connectivity index is 1.82. The van der Waals surface area contributed by atoms with E-state index in [4.69, 9.17) is 15.9 Å². The normalized spacial score (nSPS) is 18.5. The van der Waals surface area contributed by atoms with E-state index in [1.54, 1.807) is 18.2 Å². The fraction of sp³-hybridized carbons (Fsp3) is 0.375. The Kier molecular flexibility index (Phi) is 6.87. The Morgan fingerprint density at radius 1 is 1.07 bits per heavy atom. The van der Waals surface area contributed by atoms with Gasteiger partial charge in [0.05, 0.1) is 12.7 Å². The van der Waals surface area contributed by atoms with Crippen LogP contribution in [0.15, 0.2) is 42.5 Å². The molecule has 1 saturated carbocycles. The summed E-state index contributed by atoms with van der Waals surface area (Å²) in [6, 6.07) is 12.7. The van der Waals surface area contributed by atoms with Gasteiger partial charge in [-0.2, -0.15) is 0 Å². The van der Waals surface area contributed by atoms with Crippen molar-refractivity contribution in [2.45, 2.75) is 39.2 Å². The van der Waals surface area contributed by atoms with Crippen LogP contribution in [0.2, 0.25) is 0 Å². The molecule has 1 aliphatic carbocycles. The van der Waals surface area contributed by atoms with E-state index < -0.39 is 5.97 Å². The van der Waals surface area contributed by atoms with Crippen molar-refractivity contribution < 1.29 is 14.3 Å². The molecule has 2 aromatic rings. The highest BCUT2D eigenvalue weighted by molar-refractivity contribution is 5.96. The van der Waals surface area contributed by atoms with Crippen LogP contribution < -0.4 is 11.1 Å². The van der Waals surface area contributed by atoms with Gasteiger partial charge in [0.15, 0.2) is 0 Å². The van der Waals surface area contributed by atoms with Gasteiger partial charge in [0.2, 0.25) is 5.91 Å². The number of nitrogens with one attached hydrogen (secondary N) is 2. The fourth-order valence-electron chi connectivity index (χ4n) is 3.92. The third-order valence-electron chi connectivity index (χ3n) is 5.77. The number of benzene rings is 2. The first kappa shape index (κ1) is 21.6. The number of amides is 1. The maximum Gasteiger partial charge on any atom is 0.337 e. The number of amidine groups is 1. The molecule has 0 bridgehead atoms. The lowest BCUT2D eigenvalue weighted by Crippen LogP contribution is -2.32. The molecule has 0 atom stereocenters. The number of methoxy groups -OCH3 is 1. The summed E-state index contributed by atoms with van der Waals surface area (Å²) in [7, 11) is 1.34. The largest absolute Gasteiger partial charge is 0.465 e. The molecule has 0 heterocycles. The summed E-state index contributed by atoms with van der Waals surface area (Å²) in [5.74, 6) is 0.380. The molecule has 6 nitrogen and oxygen atoms in total. The molecular formula is C24H29N3O3. The van der Waals surface area contributed by atoms with Crippen LogP contribution >= 0.6 is 0 Å². The molecule has 0 spiro atoms. The number of hydrogen-bond acceptors (Lipinski definition) is 4. The lowest BCUT2D eigenvalue weighted by molar-refractivity contribution is -0.126. The maximum atomic E-state index is 12.6. The second-order valence-corrected chi connectivity index (χ2v) is 8.08. The number of hydrogen-bond donors (Lipinski definition) is 3. The van der Waals surface area contributed by atoms with Crippen molar-refractivity contribution in [1.29, 1.82) is 5.41 Å². The van der Waals surface area contributed by atoms with Crippen molar-refractivity contribution in [2.24, 2.45) is 17.6 Å². The van der Waals surface area contributed by atoms with Crippen molar-refractivity contribution in [3.8, 4) is 11.1 Å². The number of carbonyl (C=O) groups is 2. The van der Waals surface area contributed by atoms with Gasteiger partial charge in [-0.3, -0.25) is 10.2 Å². The van der Waals surface area contributed by atoms with Gasteiger partial charge in [-0.15, -0.1) is 0 Å². The Labute approximate surface area is 177 Å². The van der Waals surface area contributed by atoms with Gasteiger partial charge < -0.3 is 15.8 Å². The molecule has 0 aliphatic heterocycles. The van der Waals surface area contributed by atoms with E-state index in [9.17, 15) is 9.59 Å². The van der Waals surface area contributed by atoms with Crippen LogP contribution in [0.5, 0.6) is 0 Å². The molecule has 30 heavy (non-hydrogen) atoms. The van der Waals surface area contributed by atoms with Gasteiger partial charge in [-0.1, -0.05) is 25.1 Å². The van der Waals surface area contributed by atoms with Gasteiger partial charge >= 0.3 is 5.97 Å². The smallest absolute Gasteiger partial charge is 0.337 e. The van der Waals surface area contributed by atoms with E-state index in [-0.39, 0.29) is 17.7 Å². The van der Waals surface area contributed by atoms with Crippen LogP contribution in [0.25, 0.3) is 11.1 Å². The Morgan fingerprint density at radius 2 is 1.77 bits per heavy atom. The summed E-state index contributed by atoms with van der Waals surface area (Å²) in [5, 5.41) is 10.7. The zero-order valence-electron chi connectivity index (χ0n) is 17.5. The summed E-state index contributed by atoms with van der Waals surface area (Å²) in [5.41, 5.74) is 9.09.